The van der Waals surface area contributed by atoms with Crippen molar-refractivity contribution in [3.8, 4) is 0 Å². The minimum atomic E-state index is -0.836. The summed E-state index contributed by atoms with van der Waals surface area (Å²) < 4.78 is 0. The predicted octanol–water partition coefficient (Wildman–Crippen LogP) is 1.07. The minimum absolute atomic E-state index is 0.115. The van der Waals surface area contributed by atoms with Crippen molar-refractivity contribution in [2.75, 3.05) is 13.1 Å². The lowest BCUT2D eigenvalue weighted by atomic mass is 9.81. The third kappa shape index (κ3) is 3.45. The Bertz CT molecular complexity index is 330. The van der Waals surface area contributed by atoms with Crippen molar-refractivity contribution in [1.82, 2.24) is 4.90 Å². The first-order chi connectivity index (χ1) is 8.26. The number of rotatable bonds is 4. The Hall–Kier alpha value is -1.10. The van der Waals surface area contributed by atoms with Crippen LogP contribution in [0, 0.1) is 11.3 Å². The van der Waals surface area contributed by atoms with Crippen molar-refractivity contribution in [2.45, 2.75) is 46.1 Å². The molecule has 1 unspecified atom stereocenters. The van der Waals surface area contributed by atoms with E-state index in [-0.39, 0.29) is 12.5 Å². The van der Waals surface area contributed by atoms with Crippen LogP contribution < -0.4 is 5.73 Å². The molecule has 5 heteroatoms. The number of aliphatic carboxylic acids is 1. The summed E-state index contributed by atoms with van der Waals surface area (Å²) in [5.74, 6) is -0.590. The second kappa shape index (κ2) is 5.69. The molecule has 1 saturated heterocycles. The molecule has 1 heterocycles. The molecule has 0 aromatic rings. The average Bonchev–Trinajstić information content (AvgIpc) is 2.27. The molecule has 0 saturated carbocycles. The summed E-state index contributed by atoms with van der Waals surface area (Å²) in [7, 11) is 0. The van der Waals surface area contributed by atoms with Gasteiger partial charge < -0.3 is 15.7 Å². The fraction of sp³-hybridized carbons (Fsp3) is 0.846. The van der Waals surface area contributed by atoms with Crippen LogP contribution in [0.5, 0.6) is 0 Å². The fourth-order valence-corrected chi connectivity index (χ4v) is 2.45. The summed E-state index contributed by atoms with van der Waals surface area (Å²) in [4.78, 5) is 25.0. The molecule has 0 radical (unpaired) electrons. The van der Waals surface area contributed by atoms with Gasteiger partial charge in [0.15, 0.2) is 0 Å². The Morgan fingerprint density at radius 1 is 1.44 bits per heavy atom. The average molecular weight is 256 g/mol. The van der Waals surface area contributed by atoms with Gasteiger partial charge in [0.05, 0.1) is 11.5 Å². The van der Waals surface area contributed by atoms with Crippen LogP contribution in [0.25, 0.3) is 0 Å². The molecule has 1 aliphatic heterocycles. The summed E-state index contributed by atoms with van der Waals surface area (Å²) in [5, 5.41) is 9.21. The van der Waals surface area contributed by atoms with Crippen LogP contribution in [-0.2, 0) is 9.59 Å². The van der Waals surface area contributed by atoms with Crippen LogP contribution in [0.4, 0.5) is 0 Å². The molecule has 1 fully saturated rings. The first-order valence-corrected chi connectivity index (χ1v) is 6.54. The molecule has 1 rings (SSSR count). The van der Waals surface area contributed by atoms with Crippen LogP contribution >= 0.6 is 0 Å². The van der Waals surface area contributed by atoms with Crippen LogP contribution in [0.3, 0.4) is 0 Å². The zero-order valence-electron chi connectivity index (χ0n) is 11.5. The van der Waals surface area contributed by atoms with Gasteiger partial charge in [-0.05, 0) is 32.1 Å². The lowest BCUT2D eigenvalue weighted by Crippen LogP contribution is -2.53. The highest BCUT2D eigenvalue weighted by Crippen LogP contribution is 2.30. The van der Waals surface area contributed by atoms with Gasteiger partial charge in [-0.1, -0.05) is 13.8 Å². The van der Waals surface area contributed by atoms with Crippen LogP contribution in [0.1, 0.15) is 40.0 Å². The molecule has 18 heavy (non-hydrogen) atoms. The zero-order chi connectivity index (χ0) is 13.9. The molecule has 5 nitrogen and oxygen atoms in total. The van der Waals surface area contributed by atoms with E-state index < -0.39 is 17.4 Å². The van der Waals surface area contributed by atoms with Gasteiger partial charge in [0.1, 0.15) is 0 Å². The smallest absolute Gasteiger partial charge is 0.311 e. The molecule has 0 aromatic heterocycles. The predicted molar refractivity (Wildman–Crippen MR) is 69.0 cm³/mol. The third-order valence-electron chi connectivity index (χ3n) is 3.57. The molecule has 0 aliphatic carbocycles. The molecular weight excluding hydrogens is 232 g/mol. The largest absolute Gasteiger partial charge is 0.481 e. The molecule has 1 amide bonds. The molecule has 0 spiro atoms. The van der Waals surface area contributed by atoms with Crippen molar-refractivity contribution in [3.05, 3.63) is 0 Å². The molecule has 1 aliphatic rings. The Labute approximate surface area is 108 Å². The van der Waals surface area contributed by atoms with Crippen LogP contribution in [0.2, 0.25) is 0 Å². The van der Waals surface area contributed by atoms with Gasteiger partial charge in [-0.2, -0.15) is 0 Å². The van der Waals surface area contributed by atoms with Gasteiger partial charge in [0.2, 0.25) is 5.91 Å². The van der Waals surface area contributed by atoms with Crippen molar-refractivity contribution >= 4 is 11.9 Å². The summed E-state index contributed by atoms with van der Waals surface area (Å²) >= 11 is 0. The number of carbonyl (C=O) groups is 2. The minimum Gasteiger partial charge on any atom is -0.481 e. The van der Waals surface area contributed by atoms with Crippen molar-refractivity contribution in [3.63, 3.8) is 0 Å². The number of likely N-dealkylation sites (tertiary alicyclic amines) is 1. The SMILES string of the molecule is CC(C)C[C@H](N)C(=O)N1CCCC(C)(C(=O)O)C1. The van der Waals surface area contributed by atoms with Gasteiger partial charge in [-0.25, -0.2) is 0 Å². The number of amides is 1. The number of hydrogen-bond acceptors (Lipinski definition) is 3. The van der Waals surface area contributed by atoms with Gasteiger partial charge in [0.25, 0.3) is 0 Å². The van der Waals surface area contributed by atoms with E-state index in [1.165, 1.54) is 0 Å². The first-order valence-electron chi connectivity index (χ1n) is 6.54. The number of hydrogen-bond donors (Lipinski definition) is 2. The van der Waals surface area contributed by atoms with Gasteiger partial charge in [0, 0.05) is 13.1 Å². The third-order valence-corrected chi connectivity index (χ3v) is 3.57. The maximum absolute atomic E-state index is 12.2. The number of carboxylic acid groups (broad SMARTS) is 1. The molecular formula is C13H24N2O3. The number of carboxylic acids is 1. The quantitative estimate of drug-likeness (QED) is 0.788. The standard InChI is InChI=1S/C13H24N2O3/c1-9(2)7-10(14)11(16)15-6-4-5-13(3,8-15)12(17)18/h9-10H,4-8,14H2,1-3H3,(H,17,18)/t10-,13?/m0/s1. The summed E-state index contributed by atoms with van der Waals surface area (Å²) in [5.41, 5.74) is 5.05. The Morgan fingerprint density at radius 3 is 2.56 bits per heavy atom. The van der Waals surface area contributed by atoms with E-state index in [1.54, 1.807) is 11.8 Å². The normalized spacial score (nSPS) is 26.2. The van der Waals surface area contributed by atoms with E-state index >= 15 is 0 Å². The van der Waals surface area contributed by atoms with Crippen molar-refractivity contribution in [2.24, 2.45) is 17.1 Å². The monoisotopic (exact) mass is 256 g/mol. The Kier molecular flexibility index (Phi) is 4.73. The second-order valence-electron chi connectivity index (χ2n) is 5.97. The molecule has 104 valence electrons. The molecule has 0 aromatic carbocycles. The number of carbonyl (C=O) groups excluding carboxylic acids is 1. The Balaban J connectivity index is 2.66. The highest BCUT2D eigenvalue weighted by Gasteiger charge is 2.40. The fourth-order valence-electron chi connectivity index (χ4n) is 2.45. The summed E-state index contributed by atoms with van der Waals surface area (Å²) in [6.07, 6.45) is 1.98. The van der Waals surface area contributed by atoms with Crippen LogP contribution in [-0.4, -0.2) is 41.0 Å². The lowest BCUT2D eigenvalue weighted by Gasteiger charge is -2.38. The van der Waals surface area contributed by atoms with E-state index in [9.17, 15) is 14.7 Å². The summed E-state index contributed by atoms with van der Waals surface area (Å²) in [6, 6.07) is -0.513. The second-order valence-corrected chi connectivity index (χ2v) is 5.97. The number of piperidine rings is 1. The number of nitrogens with zero attached hydrogens (tertiary/aromatic N) is 1. The van der Waals surface area contributed by atoms with E-state index in [2.05, 4.69) is 0 Å². The van der Waals surface area contributed by atoms with Crippen molar-refractivity contribution in [1.29, 1.82) is 0 Å². The number of nitrogens with two attached hydrogens (primary N) is 1. The highest BCUT2D eigenvalue weighted by molar-refractivity contribution is 5.83. The highest BCUT2D eigenvalue weighted by atomic mass is 16.4. The molecule has 0 bridgehead atoms. The lowest BCUT2D eigenvalue weighted by molar-refractivity contribution is -0.153. The van der Waals surface area contributed by atoms with Gasteiger partial charge >= 0.3 is 5.97 Å². The van der Waals surface area contributed by atoms with Gasteiger partial charge in [-0.3, -0.25) is 9.59 Å². The van der Waals surface area contributed by atoms with Gasteiger partial charge in [-0.15, -0.1) is 0 Å². The van der Waals surface area contributed by atoms with E-state index in [0.29, 0.717) is 25.3 Å². The maximum Gasteiger partial charge on any atom is 0.311 e. The summed E-state index contributed by atoms with van der Waals surface area (Å²) in [6.45, 7) is 6.62. The molecule has 2 atom stereocenters. The topological polar surface area (TPSA) is 83.6 Å². The maximum atomic E-state index is 12.2. The van der Waals surface area contributed by atoms with Crippen molar-refractivity contribution < 1.29 is 14.7 Å². The van der Waals surface area contributed by atoms with E-state index in [1.807, 2.05) is 13.8 Å². The first kappa shape index (κ1) is 15.0. The molecule has 3 N–H and O–H groups in total. The zero-order valence-corrected chi connectivity index (χ0v) is 11.5. The van der Waals surface area contributed by atoms with E-state index in [4.69, 9.17) is 5.73 Å². The van der Waals surface area contributed by atoms with Crippen LogP contribution in [0.15, 0.2) is 0 Å². The van der Waals surface area contributed by atoms with E-state index in [0.717, 1.165) is 6.42 Å². The Morgan fingerprint density at radius 2 is 2.06 bits per heavy atom.